The minimum Gasteiger partial charge on any atom is -0.443 e. The van der Waals surface area contributed by atoms with Crippen molar-refractivity contribution in [1.82, 2.24) is 4.57 Å². The predicted molar refractivity (Wildman–Crippen MR) is 107 cm³/mol. The molecular formula is C22H27F2NO2. The van der Waals surface area contributed by atoms with E-state index in [1.54, 1.807) is 52.0 Å². The first-order chi connectivity index (χ1) is 12.6. The van der Waals surface area contributed by atoms with Gasteiger partial charge in [-0.15, -0.1) is 0 Å². The minimum absolute atomic E-state index is 0.394. The molecule has 0 spiro atoms. The van der Waals surface area contributed by atoms with E-state index in [9.17, 15) is 13.6 Å². The topological polar surface area (TPSA) is 31.2 Å². The number of hydrogen-bond acceptors (Lipinski definition) is 2. The predicted octanol–water partition coefficient (Wildman–Crippen LogP) is 6.83. The fourth-order valence-corrected chi connectivity index (χ4v) is 2.42. The molecule has 0 amide bonds. The molecule has 0 saturated carbocycles. The second kappa shape index (κ2) is 9.31. The molecule has 27 heavy (non-hydrogen) atoms. The van der Waals surface area contributed by atoms with Gasteiger partial charge in [-0.25, -0.2) is 13.6 Å². The number of nitrogens with zero attached hydrogens (tertiary/aromatic N) is 1. The highest BCUT2D eigenvalue weighted by Gasteiger charge is 2.22. The van der Waals surface area contributed by atoms with Crippen LogP contribution in [0.25, 0.3) is 16.8 Å². The maximum absolute atomic E-state index is 13.9. The highest BCUT2D eigenvalue weighted by atomic mass is 19.2. The van der Waals surface area contributed by atoms with Gasteiger partial charge in [0.25, 0.3) is 0 Å². The summed E-state index contributed by atoms with van der Waals surface area (Å²) in [7, 11) is 0. The maximum atomic E-state index is 13.9. The van der Waals surface area contributed by atoms with Gasteiger partial charge in [0, 0.05) is 11.8 Å². The fraction of sp³-hybridized carbons (Fsp3) is 0.318. The quantitative estimate of drug-likeness (QED) is 0.550. The van der Waals surface area contributed by atoms with Crippen molar-refractivity contribution < 1.29 is 18.3 Å². The number of carbonyl (C=O) groups is 1. The van der Waals surface area contributed by atoms with Gasteiger partial charge in [-0.1, -0.05) is 32.6 Å². The van der Waals surface area contributed by atoms with Crippen molar-refractivity contribution in [2.45, 2.75) is 47.1 Å². The second-order valence-electron chi connectivity index (χ2n) is 6.64. The van der Waals surface area contributed by atoms with Crippen molar-refractivity contribution in [2.75, 3.05) is 0 Å². The van der Waals surface area contributed by atoms with Crippen molar-refractivity contribution in [1.29, 1.82) is 0 Å². The molecule has 0 aliphatic heterocycles. The summed E-state index contributed by atoms with van der Waals surface area (Å²) < 4.78 is 34.3. The van der Waals surface area contributed by atoms with E-state index < -0.39 is 23.3 Å². The summed E-state index contributed by atoms with van der Waals surface area (Å²) >= 11 is 0. The molecule has 2 rings (SSSR count). The molecule has 1 aromatic carbocycles. The van der Waals surface area contributed by atoms with Gasteiger partial charge in [-0.2, -0.15) is 0 Å². The maximum Gasteiger partial charge on any atom is 0.418 e. The van der Waals surface area contributed by atoms with Gasteiger partial charge in [-0.05, 0) is 63.1 Å². The monoisotopic (exact) mass is 375 g/mol. The van der Waals surface area contributed by atoms with Crippen LogP contribution in [0.1, 0.15) is 47.1 Å². The molecule has 2 aromatic rings. The zero-order valence-electron chi connectivity index (χ0n) is 16.8. The number of benzene rings is 1. The first-order valence-electron chi connectivity index (χ1n) is 8.84. The van der Waals surface area contributed by atoms with Gasteiger partial charge in [0.15, 0.2) is 11.6 Å². The summed E-state index contributed by atoms with van der Waals surface area (Å²) in [4.78, 5) is 12.4. The number of ether oxygens (including phenoxy) is 1. The van der Waals surface area contributed by atoms with Crippen LogP contribution in [-0.2, 0) is 4.74 Å². The molecule has 0 bridgehead atoms. The number of hydrogen-bond donors (Lipinski definition) is 0. The SMILES string of the molecule is C=C/C=C(\C)c1cc(F)c(F)cc1-c1cccn1C(=O)OC(C)(C)C.CC. The molecule has 0 unspecified atom stereocenters. The van der Waals surface area contributed by atoms with E-state index in [1.165, 1.54) is 10.8 Å². The number of rotatable bonds is 3. The van der Waals surface area contributed by atoms with Crippen LogP contribution in [0.3, 0.4) is 0 Å². The Kier molecular flexibility index (Phi) is 7.70. The molecule has 1 aromatic heterocycles. The third kappa shape index (κ3) is 5.64. The molecule has 0 saturated heterocycles. The van der Waals surface area contributed by atoms with Gasteiger partial charge in [0.2, 0.25) is 0 Å². The number of halogens is 2. The Balaban J connectivity index is 0.00000176. The summed E-state index contributed by atoms with van der Waals surface area (Å²) in [6, 6.07) is 5.51. The van der Waals surface area contributed by atoms with Gasteiger partial charge in [-0.3, -0.25) is 4.57 Å². The Bertz CT molecular complexity index is 842. The van der Waals surface area contributed by atoms with Crippen molar-refractivity contribution in [3.63, 3.8) is 0 Å². The molecule has 0 aliphatic carbocycles. The van der Waals surface area contributed by atoms with E-state index in [0.717, 1.165) is 12.1 Å². The van der Waals surface area contributed by atoms with E-state index in [-0.39, 0.29) is 0 Å². The highest BCUT2D eigenvalue weighted by molar-refractivity contribution is 5.85. The molecule has 3 nitrogen and oxygen atoms in total. The van der Waals surface area contributed by atoms with Crippen LogP contribution in [0.4, 0.5) is 13.6 Å². The number of allylic oxidation sites excluding steroid dienone is 3. The van der Waals surface area contributed by atoms with Crippen LogP contribution >= 0.6 is 0 Å². The second-order valence-corrected chi connectivity index (χ2v) is 6.64. The average Bonchev–Trinajstić information content (AvgIpc) is 3.07. The molecule has 1 heterocycles. The van der Waals surface area contributed by atoms with Crippen LogP contribution < -0.4 is 0 Å². The summed E-state index contributed by atoms with van der Waals surface area (Å²) in [5.41, 5.74) is 1.31. The summed E-state index contributed by atoms with van der Waals surface area (Å²) in [6.45, 7) is 14.7. The highest BCUT2D eigenvalue weighted by Crippen LogP contribution is 2.32. The van der Waals surface area contributed by atoms with Gasteiger partial charge in [0.05, 0.1) is 5.69 Å². The Morgan fingerprint density at radius 1 is 1.19 bits per heavy atom. The average molecular weight is 375 g/mol. The lowest BCUT2D eigenvalue weighted by molar-refractivity contribution is 0.0540. The van der Waals surface area contributed by atoms with E-state index in [2.05, 4.69) is 6.58 Å². The minimum atomic E-state index is -0.984. The summed E-state index contributed by atoms with van der Waals surface area (Å²) in [6.07, 6.45) is 4.19. The molecule has 0 radical (unpaired) electrons. The van der Waals surface area contributed by atoms with E-state index >= 15 is 0 Å². The Hall–Kier alpha value is -2.69. The third-order valence-electron chi connectivity index (χ3n) is 3.47. The molecule has 0 fully saturated rings. The normalized spacial score (nSPS) is 11.5. The first-order valence-corrected chi connectivity index (χ1v) is 8.84. The zero-order chi connectivity index (χ0) is 20.8. The van der Waals surface area contributed by atoms with Gasteiger partial charge < -0.3 is 4.74 Å². The van der Waals surface area contributed by atoms with Crippen molar-refractivity contribution in [3.05, 3.63) is 66.4 Å². The third-order valence-corrected chi connectivity index (χ3v) is 3.47. The van der Waals surface area contributed by atoms with Crippen LogP contribution in [0, 0.1) is 11.6 Å². The Labute approximate surface area is 160 Å². The summed E-state index contributed by atoms with van der Waals surface area (Å²) in [5.74, 6) is -1.94. The molecule has 0 atom stereocenters. The number of carbonyl (C=O) groups excluding carboxylic acids is 1. The van der Waals surface area contributed by atoms with E-state index in [0.29, 0.717) is 22.4 Å². The fourth-order valence-electron chi connectivity index (χ4n) is 2.42. The van der Waals surface area contributed by atoms with E-state index in [1.807, 2.05) is 13.8 Å². The first kappa shape index (κ1) is 22.4. The summed E-state index contributed by atoms with van der Waals surface area (Å²) in [5, 5.41) is 0. The van der Waals surface area contributed by atoms with Crippen LogP contribution in [0.5, 0.6) is 0 Å². The molecule has 5 heteroatoms. The van der Waals surface area contributed by atoms with Gasteiger partial charge >= 0.3 is 6.09 Å². The van der Waals surface area contributed by atoms with E-state index in [4.69, 9.17) is 4.74 Å². The van der Waals surface area contributed by atoms with Crippen molar-refractivity contribution in [2.24, 2.45) is 0 Å². The smallest absolute Gasteiger partial charge is 0.418 e. The Morgan fingerprint density at radius 3 is 2.33 bits per heavy atom. The van der Waals surface area contributed by atoms with Crippen molar-refractivity contribution >= 4 is 11.7 Å². The molecule has 146 valence electrons. The Morgan fingerprint density at radius 2 is 1.78 bits per heavy atom. The standard InChI is InChI=1S/C20H21F2NO2.C2H6/c1-6-8-13(2)14-11-16(21)17(22)12-15(14)18-9-7-10-23(18)19(24)25-20(3,4)5;1-2/h6-12H,1H2,2-5H3;1-2H3/b13-8+;. The lowest BCUT2D eigenvalue weighted by atomic mass is 9.97. The van der Waals surface area contributed by atoms with Crippen LogP contribution in [-0.4, -0.2) is 16.3 Å². The molecular weight excluding hydrogens is 348 g/mol. The lowest BCUT2D eigenvalue weighted by Crippen LogP contribution is -2.27. The largest absolute Gasteiger partial charge is 0.443 e. The number of aromatic nitrogens is 1. The zero-order valence-corrected chi connectivity index (χ0v) is 16.8. The van der Waals surface area contributed by atoms with Crippen molar-refractivity contribution in [3.8, 4) is 11.3 Å². The lowest BCUT2D eigenvalue weighted by Gasteiger charge is -2.21. The van der Waals surface area contributed by atoms with Crippen LogP contribution in [0.15, 0.2) is 49.2 Å². The molecule has 0 N–H and O–H groups in total. The molecule has 0 aliphatic rings. The van der Waals surface area contributed by atoms with Gasteiger partial charge in [0.1, 0.15) is 5.60 Å². The van der Waals surface area contributed by atoms with Crippen LogP contribution in [0.2, 0.25) is 0 Å².